The molecule has 10 nitrogen and oxygen atoms in total. The smallest absolute Gasteiger partial charge is 0.282 e. The molecule has 0 unspecified atom stereocenters. The number of anilines is 2. The minimum atomic E-state index is -0.371. The molecule has 1 N–H and O–H groups in total. The first-order valence-corrected chi connectivity index (χ1v) is 14.2. The highest BCUT2D eigenvalue weighted by Gasteiger charge is 2.18. The van der Waals surface area contributed by atoms with Crippen LogP contribution in [0, 0.1) is 6.92 Å². The number of rotatable bonds is 9. The molecule has 6 aromatic rings. The lowest BCUT2D eigenvalue weighted by Crippen LogP contribution is -2.21. The summed E-state index contributed by atoms with van der Waals surface area (Å²) in [5, 5.41) is 8.62. The van der Waals surface area contributed by atoms with Crippen molar-refractivity contribution in [3.63, 3.8) is 0 Å². The Labute approximate surface area is 259 Å². The first kappa shape index (κ1) is 29.2. The Bertz CT molecular complexity index is 2130. The number of methoxy groups -OCH3 is 1. The number of para-hydroxylation sites is 2. The molecule has 226 valence electrons. The van der Waals surface area contributed by atoms with E-state index >= 15 is 0 Å². The minimum absolute atomic E-state index is 0.221. The number of amides is 1. The topological polar surface area (TPSA) is 111 Å². The number of furan rings is 1. The average Bonchev–Trinajstić information content (AvgIpc) is 3.49. The maximum atomic E-state index is 13.8. The van der Waals surface area contributed by atoms with Gasteiger partial charge in [-0.2, -0.15) is 9.78 Å². The number of fused-ring (bicyclic) bond motifs is 2. The van der Waals surface area contributed by atoms with E-state index in [9.17, 15) is 9.59 Å². The number of ether oxygens (including phenoxy) is 2. The molecule has 0 atom stereocenters. The molecule has 0 spiro atoms. The molecule has 1 amide bonds. The van der Waals surface area contributed by atoms with Gasteiger partial charge < -0.3 is 24.1 Å². The van der Waals surface area contributed by atoms with E-state index in [2.05, 4.69) is 10.4 Å². The molecular weight excluding hydrogens is 570 g/mol. The van der Waals surface area contributed by atoms with Gasteiger partial charge in [0.2, 0.25) is 5.82 Å². The Balaban J connectivity index is 1.39. The SMILES string of the molecule is COc1cccc2oc(-c3nc4ccccc4c(=O)n3N=Cc3ccc(N(C)C)cc3OCC(=O)Nc3ccccc3C)cc12. The van der Waals surface area contributed by atoms with E-state index in [1.165, 1.54) is 10.9 Å². The standard InChI is InChI=1S/C35H31N5O5/c1-22-10-5-7-12-27(22)37-33(41)21-44-31-18-24(39(2)3)17-16-23(31)20-36-40-34(38-28-13-8-6-11-25(28)35(40)42)32-19-26-29(43-4)14-9-15-30(26)45-32/h5-20H,21H2,1-4H3,(H,37,41). The zero-order valence-corrected chi connectivity index (χ0v) is 25.3. The van der Waals surface area contributed by atoms with Crippen LogP contribution in [-0.2, 0) is 4.79 Å². The second-order valence-corrected chi connectivity index (χ2v) is 10.6. The first-order valence-electron chi connectivity index (χ1n) is 14.2. The summed E-state index contributed by atoms with van der Waals surface area (Å²) >= 11 is 0. The van der Waals surface area contributed by atoms with E-state index in [4.69, 9.17) is 18.9 Å². The number of aryl methyl sites for hydroxylation is 1. The van der Waals surface area contributed by atoms with E-state index in [-0.39, 0.29) is 23.9 Å². The maximum absolute atomic E-state index is 13.8. The Morgan fingerprint density at radius 3 is 2.58 bits per heavy atom. The van der Waals surface area contributed by atoms with Gasteiger partial charge >= 0.3 is 0 Å². The van der Waals surface area contributed by atoms with Crippen LogP contribution in [0.5, 0.6) is 11.5 Å². The van der Waals surface area contributed by atoms with Gasteiger partial charge in [-0.05, 0) is 61.0 Å². The number of aromatic nitrogens is 2. The quantitative estimate of drug-likeness (QED) is 0.200. The lowest BCUT2D eigenvalue weighted by molar-refractivity contribution is -0.118. The third-order valence-electron chi connectivity index (χ3n) is 7.32. The predicted octanol–water partition coefficient (Wildman–Crippen LogP) is 6.09. The van der Waals surface area contributed by atoms with Gasteiger partial charge in [0.15, 0.2) is 12.4 Å². The number of carbonyl (C=O) groups is 1. The van der Waals surface area contributed by atoms with Gasteiger partial charge in [-0.25, -0.2) is 4.98 Å². The molecule has 0 bridgehead atoms. The lowest BCUT2D eigenvalue weighted by Gasteiger charge is -2.16. The molecule has 45 heavy (non-hydrogen) atoms. The van der Waals surface area contributed by atoms with Crippen LogP contribution in [-0.4, -0.2) is 49.6 Å². The van der Waals surface area contributed by atoms with Gasteiger partial charge in [0, 0.05) is 37.1 Å². The van der Waals surface area contributed by atoms with Crippen LogP contribution in [0.2, 0.25) is 0 Å². The van der Waals surface area contributed by atoms with Crippen LogP contribution in [0.25, 0.3) is 33.5 Å². The van der Waals surface area contributed by atoms with Crippen LogP contribution in [0.4, 0.5) is 11.4 Å². The zero-order valence-electron chi connectivity index (χ0n) is 25.3. The van der Waals surface area contributed by atoms with Crippen molar-refractivity contribution < 1.29 is 18.7 Å². The summed E-state index contributed by atoms with van der Waals surface area (Å²) < 4.78 is 18.8. The summed E-state index contributed by atoms with van der Waals surface area (Å²) in [4.78, 5) is 33.2. The average molecular weight is 602 g/mol. The number of nitrogens with zero attached hydrogens (tertiary/aromatic N) is 4. The summed E-state index contributed by atoms with van der Waals surface area (Å²) in [6, 6.07) is 27.4. The van der Waals surface area contributed by atoms with Gasteiger partial charge in [0.25, 0.3) is 11.5 Å². The largest absolute Gasteiger partial charge is 0.496 e. The third-order valence-corrected chi connectivity index (χ3v) is 7.32. The summed E-state index contributed by atoms with van der Waals surface area (Å²) in [6.45, 7) is 1.70. The fraction of sp³-hybridized carbons (Fsp3) is 0.143. The molecule has 0 aliphatic heterocycles. The number of hydrogen-bond acceptors (Lipinski definition) is 8. The second kappa shape index (κ2) is 12.4. The molecule has 6 rings (SSSR count). The summed E-state index contributed by atoms with van der Waals surface area (Å²) in [7, 11) is 5.41. The summed E-state index contributed by atoms with van der Waals surface area (Å²) in [5.41, 5.74) is 3.81. The molecule has 4 aromatic carbocycles. The van der Waals surface area contributed by atoms with Crippen LogP contribution in [0.1, 0.15) is 11.1 Å². The molecular formula is C35H31N5O5. The van der Waals surface area contributed by atoms with Crippen LogP contribution >= 0.6 is 0 Å². The van der Waals surface area contributed by atoms with E-state index in [1.54, 1.807) is 31.4 Å². The molecule has 0 aliphatic carbocycles. The zero-order chi connectivity index (χ0) is 31.5. The Hall–Kier alpha value is -5.90. The lowest BCUT2D eigenvalue weighted by atomic mass is 10.2. The number of carbonyl (C=O) groups excluding carboxylic acids is 1. The van der Waals surface area contributed by atoms with Crippen molar-refractivity contribution in [2.45, 2.75) is 6.92 Å². The summed E-state index contributed by atoms with van der Waals surface area (Å²) in [5.74, 6) is 1.32. The molecule has 0 aliphatic rings. The van der Waals surface area contributed by atoms with Gasteiger partial charge in [-0.15, -0.1) is 0 Å². The second-order valence-electron chi connectivity index (χ2n) is 10.6. The third kappa shape index (κ3) is 5.98. The van der Waals surface area contributed by atoms with E-state index in [0.717, 1.165) is 16.6 Å². The van der Waals surface area contributed by atoms with Crippen molar-refractivity contribution in [3.8, 4) is 23.1 Å². The van der Waals surface area contributed by atoms with Gasteiger partial charge in [0.05, 0.1) is 29.6 Å². The first-order chi connectivity index (χ1) is 21.8. The number of benzene rings is 4. The van der Waals surface area contributed by atoms with Gasteiger partial charge in [0.1, 0.15) is 17.1 Å². The van der Waals surface area contributed by atoms with Crippen LogP contribution < -0.4 is 25.2 Å². The number of nitrogens with one attached hydrogen (secondary N) is 1. The van der Waals surface area contributed by atoms with Gasteiger partial charge in [-0.3, -0.25) is 9.59 Å². The molecule has 2 heterocycles. The Morgan fingerprint density at radius 2 is 1.78 bits per heavy atom. The molecule has 0 fully saturated rings. The van der Waals surface area contributed by atoms with E-state index in [0.29, 0.717) is 45.0 Å². The monoisotopic (exact) mass is 601 g/mol. The molecule has 10 heteroatoms. The van der Waals surface area contributed by atoms with Crippen molar-refractivity contribution in [3.05, 3.63) is 112 Å². The highest BCUT2D eigenvalue weighted by molar-refractivity contribution is 5.93. The molecule has 2 aromatic heterocycles. The highest BCUT2D eigenvalue weighted by atomic mass is 16.5. The normalized spacial score (nSPS) is 11.3. The van der Waals surface area contributed by atoms with Crippen molar-refractivity contribution in [2.75, 3.05) is 38.0 Å². The van der Waals surface area contributed by atoms with E-state index in [1.807, 2.05) is 92.6 Å². The minimum Gasteiger partial charge on any atom is -0.496 e. The van der Waals surface area contributed by atoms with Crippen molar-refractivity contribution in [1.82, 2.24) is 9.66 Å². The number of hydrogen-bond donors (Lipinski definition) is 1. The van der Waals surface area contributed by atoms with Crippen LogP contribution in [0.3, 0.4) is 0 Å². The van der Waals surface area contributed by atoms with Crippen molar-refractivity contribution >= 4 is 45.4 Å². The van der Waals surface area contributed by atoms with E-state index < -0.39 is 0 Å². The fourth-order valence-electron chi connectivity index (χ4n) is 4.91. The molecule has 0 saturated heterocycles. The van der Waals surface area contributed by atoms with Crippen molar-refractivity contribution in [2.24, 2.45) is 5.10 Å². The molecule has 0 radical (unpaired) electrons. The predicted molar refractivity (Wildman–Crippen MR) is 177 cm³/mol. The van der Waals surface area contributed by atoms with Gasteiger partial charge in [-0.1, -0.05) is 36.4 Å². The Morgan fingerprint density at radius 1 is 0.978 bits per heavy atom. The van der Waals surface area contributed by atoms with Crippen LogP contribution in [0.15, 0.2) is 105 Å². The summed E-state index contributed by atoms with van der Waals surface area (Å²) in [6.07, 6.45) is 1.51. The molecule has 0 saturated carbocycles. The van der Waals surface area contributed by atoms with Crippen molar-refractivity contribution in [1.29, 1.82) is 0 Å². The highest BCUT2D eigenvalue weighted by Crippen LogP contribution is 2.33. The maximum Gasteiger partial charge on any atom is 0.282 e. The fourth-order valence-corrected chi connectivity index (χ4v) is 4.91. The Kier molecular flexibility index (Phi) is 8.03.